The van der Waals surface area contributed by atoms with Crippen LogP contribution in [0.2, 0.25) is 10.6 Å². The Morgan fingerprint density at radius 1 is 0.838 bits per heavy atom. The van der Waals surface area contributed by atoms with Gasteiger partial charge in [0.1, 0.15) is 10.6 Å². The summed E-state index contributed by atoms with van der Waals surface area (Å²) >= 11 is 11.5. The van der Waals surface area contributed by atoms with Gasteiger partial charge in [0, 0.05) is 34.9 Å². The summed E-state index contributed by atoms with van der Waals surface area (Å²) in [5, 5.41) is 20.3. The van der Waals surface area contributed by atoms with Gasteiger partial charge in [-0.05, 0) is 58.9 Å². The number of halogens is 2. The zero-order chi connectivity index (χ0) is 26.3. The summed E-state index contributed by atoms with van der Waals surface area (Å²) in [4.78, 5) is 9.59. The Bertz CT molecular complexity index is 1740. The molecule has 1 aromatic heterocycles. The van der Waals surface area contributed by atoms with Crippen molar-refractivity contribution in [2.24, 2.45) is 10.2 Å². The Kier molecular flexibility index (Phi) is 8.73. The van der Waals surface area contributed by atoms with Crippen LogP contribution in [0.4, 0.5) is 23.0 Å². The van der Waals surface area contributed by atoms with Gasteiger partial charge in [0.25, 0.3) is 20.2 Å². The molecule has 18 heteroatoms. The van der Waals surface area contributed by atoms with Crippen molar-refractivity contribution in [3.63, 3.8) is 0 Å². The molecule has 0 spiro atoms. The van der Waals surface area contributed by atoms with Crippen molar-refractivity contribution in [3.05, 3.63) is 59.1 Å². The molecule has 13 nitrogen and oxygen atoms in total. The molecule has 1 radical (unpaired) electrons. The second kappa shape index (κ2) is 11.1. The number of aromatic hydroxyl groups is 1. The summed E-state index contributed by atoms with van der Waals surface area (Å²) in [6.07, 6.45) is 0. The number of hydrogen-bond donors (Lipinski definition) is 4. The molecular weight excluding hydrogens is 582 g/mol. The molecule has 187 valence electrons. The zero-order valence-corrected chi connectivity index (χ0v) is 23.5. The molecule has 0 aliphatic heterocycles. The normalized spacial score (nSPS) is 12.0. The van der Waals surface area contributed by atoms with Crippen LogP contribution in [0.25, 0.3) is 10.8 Å². The molecule has 1 heterocycles. The van der Waals surface area contributed by atoms with E-state index >= 15 is 0 Å². The maximum Gasteiger partial charge on any atom is 0.296 e. The minimum absolute atomic E-state index is 0. The number of hydrogen-bond acceptors (Lipinski definition) is 11. The molecule has 37 heavy (non-hydrogen) atoms. The molecule has 4 rings (SSSR count). The molecule has 0 atom stereocenters. The van der Waals surface area contributed by atoms with Crippen LogP contribution in [0, 0.1) is 0 Å². The summed E-state index contributed by atoms with van der Waals surface area (Å²) in [6, 6.07) is 10.7. The fourth-order valence-electron chi connectivity index (χ4n) is 3.11. The number of phenolic OH excluding ortho intramolecular Hbond substituents is 1. The first kappa shape index (κ1) is 29.1. The molecule has 0 saturated heterocycles. The second-order valence-electron chi connectivity index (χ2n) is 6.95. The zero-order valence-electron chi connectivity index (χ0n) is 18.4. The fourth-order valence-corrected chi connectivity index (χ4v) is 4.67. The minimum Gasteiger partial charge on any atom is -0.505 e. The topological polar surface area (TPSA) is 204 Å². The van der Waals surface area contributed by atoms with Gasteiger partial charge in [0.15, 0.2) is 5.75 Å². The Morgan fingerprint density at radius 2 is 1.46 bits per heavy atom. The Balaban J connectivity index is 0.00000380. The van der Waals surface area contributed by atoms with Crippen LogP contribution in [-0.4, -0.2) is 75.6 Å². The van der Waals surface area contributed by atoms with E-state index in [4.69, 9.17) is 23.2 Å². The summed E-state index contributed by atoms with van der Waals surface area (Å²) in [5.74, 6) is -1.09. The molecule has 3 aromatic carbocycles. The third-order valence-electron chi connectivity index (χ3n) is 4.55. The summed E-state index contributed by atoms with van der Waals surface area (Å²) in [7, 11) is -9.82. The minimum atomic E-state index is -5.00. The first-order valence-electron chi connectivity index (χ1n) is 9.42. The van der Waals surface area contributed by atoms with Gasteiger partial charge >= 0.3 is 0 Å². The van der Waals surface area contributed by atoms with E-state index in [1.54, 1.807) is 30.3 Å². The average molecular weight is 594 g/mol. The molecule has 0 amide bonds. The number of aromatic nitrogens is 3. The van der Waals surface area contributed by atoms with E-state index in [1.165, 1.54) is 0 Å². The molecule has 0 unspecified atom stereocenters. The van der Waals surface area contributed by atoms with Crippen molar-refractivity contribution in [3.8, 4) is 5.75 Å². The maximum atomic E-state index is 12.1. The smallest absolute Gasteiger partial charge is 0.296 e. The van der Waals surface area contributed by atoms with E-state index < -0.39 is 41.5 Å². The predicted molar refractivity (Wildman–Crippen MR) is 135 cm³/mol. The van der Waals surface area contributed by atoms with Crippen molar-refractivity contribution < 1.29 is 31.0 Å². The van der Waals surface area contributed by atoms with Crippen molar-refractivity contribution in [2.75, 3.05) is 5.32 Å². The molecule has 0 aliphatic carbocycles. The van der Waals surface area contributed by atoms with E-state index in [9.17, 15) is 31.0 Å². The van der Waals surface area contributed by atoms with Gasteiger partial charge in [0.2, 0.25) is 16.5 Å². The quantitative estimate of drug-likeness (QED) is 0.141. The molecule has 0 fully saturated rings. The maximum absolute atomic E-state index is 12.1. The predicted octanol–water partition coefficient (Wildman–Crippen LogP) is 4.31. The standard InChI is InChI=1S/C19H12Cl2N6O7S2.Na/c20-17-23-18(21)25-19(24-17)22-12-8-11(35(29,30)31)6-9-7-13(36(32,33)34)15(16(28)14(9)12)27-26-10-4-2-1-3-5-10;/h1-8,28H,(H,29,30,31)(H,32,33,34)(H,22,23,24,25);. The van der Waals surface area contributed by atoms with E-state index in [1.807, 2.05) is 0 Å². The number of fused-ring (bicyclic) bond motifs is 1. The average Bonchev–Trinajstić information content (AvgIpc) is 2.76. The number of benzene rings is 3. The third-order valence-corrected chi connectivity index (χ3v) is 6.58. The van der Waals surface area contributed by atoms with Gasteiger partial charge in [-0.25, -0.2) is 0 Å². The van der Waals surface area contributed by atoms with Crippen LogP contribution < -0.4 is 5.32 Å². The number of phenols is 1. The van der Waals surface area contributed by atoms with Gasteiger partial charge in [-0.3, -0.25) is 9.11 Å². The van der Waals surface area contributed by atoms with Crippen LogP contribution in [0.5, 0.6) is 5.75 Å². The number of anilines is 2. The molecular formula is C19H12Cl2N6NaO7S2. The molecule has 0 aliphatic rings. The van der Waals surface area contributed by atoms with Crippen molar-refractivity contribution in [2.45, 2.75) is 9.79 Å². The van der Waals surface area contributed by atoms with Crippen molar-refractivity contribution >= 4 is 107 Å². The monoisotopic (exact) mass is 593 g/mol. The molecule has 4 aromatic rings. The largest absolute Gasteiger partial charge is 0.505 e. The Hall–Kier alpha value is -2.47. The van der Waals surface area contributed by atoms with E-state index in [-0.39, 0.29) is 62.5 Å². The van der Waals surface area contributed by atoms with Gasteiger partial charge in [-0.2, -0.15) is 36.9 Å². The van der Waals surface area contributed by atoms with Crippen LogP contribution in [-0.2, 0) is 20.2 Å². The number of azo groups is 1. The molecule has 0 saturated carbocycles. The number of nitrogens with one attached hydrogen (secondary N) is 1. The summed E-state index contributed by atoms with van der Waals surface area (Å²) in [6.45, 7) is 0. The van der Waals surface area contributed by atoms with E-state index in [0.29, 0.717) is 5.69 Å². The van der Waals surface area contributed by atoms with Crippen LogP contribution in [0.3, 0.4) is 0 Å². The van der Waals surface area contributed by atoms with Crippen molar-refractivity contribution in [1.29, 1.82) is 0 Å². The number of rotatable bonds is 6. The van der Waals surface area contributed by atoms with Crippen LogP contribution >= 0.6 is 23.2 Å². The summed E-state index contributed by atoms with van der Waals surface area (Å²) < 4.78 is 67.3. The molecule has 0 bridgehead atoms. The van der Waals surface area contributed by atoms with Crippen molar-refractivity contribution in [1.82, 2.24) is 15.0 Å². The summed E-state index contributed by atoms with van der Waals surface area (Å²) in [5.41, 5.74) is -0.579. The number of nitrogens with zero attached hydrogens (tertiary/aromatic N) is 5. The van der Waals surface area contributed by atoms with Gasteiger partial charge in [0.05, 0.1) is 16.3 Å². The Labute approximate surface area is 241 Å². The first-order chi connectivity index (χ1) is 16.8. The van der Waals surface area contributed by atoms with Crippen LogP contribution in [0.15, 0.2) is 68.6 Å². The van der Waals surface area contributed by atoms with E-state index in [0.717, 1.165) is 18.2 Å². The first-order valence-corrected chi connectivity index (χ1v) is 13.1. The fraction of sp³-hybridized carbons (Fsp3) is 0. The molecule has 4 N–H and O–H groups in total. The Morgan fingerprint density at radius 3 is 2.03 bits per heavy atom. The van der Waals surface area contributed by atoms with Gasteiger partial charge in [-0.15, -0.1) is 5.11 Å². The van der Waals surface area contributed by atoms with Crippen LogP contribution in [0.1, 0.15) is 0 Å². The SMILES string of the molecule is O=S(=O)(O)c1cc(Nc2nc(Cl)nc(Cl)n2)c2c(O)c(N=Nc3ccccc3)c(S(=O)(=O)O)cc2c1.[Na]. The van der Waals surface area contributed by atoms with Gasteiger partial charge in [-0.1, -0.05) is 18.2 Å². The second-order valence-corrected chi connectivity index (χ2v) is 10.4. The third kappa shape index (κ3) is 6.70. The van der Waals surface area contributed by atoms with E-state index in [2.05, 4.69) is 30.5 Å². The van der Waals surface area contributed by atoms with Gasteiger partial charge < -0.3 is 10.4 Å².